The van der Waals surface area contributed by atoms with Crippen LogP contribution in [-0.4, -0.2) is 3.21 Å². The fourth-order valence-corrected chi connectivity index (χ4v) is 6.56. The van der Waals surface area contributed by atoms with Gasteiger partial charge in [0.05, 0.1) is 0 Å². The molecule has 1 aliphatic carbocycles. The third-order valence-electron chi connectivity index (χ3n) is 8.16. The molecule has 0 saturated heterocycles. The minimum absolute atomic E-state index is 0.911. The Morgan fingerprint density at radius 3 is 1.46 bits per heavy atom. The molecule has 0 unspecified atom stereocenters. The predicted octanol–water partition coefficient (Wildman–Crippen LogP) is 11.5. The molecule has 0 atom stereocenters. The van der Waals surface area contributed by atoms with E-state index in [1.54, 1.807) is 0 Å². The molecule has 0 spiro atoms. The van der Waals surface area contributed by atoms with E-state index in [2.05, 4.69) is 178 Å². The summed E-state index contributed by atoms with van der Waals surface area (Å²) in [6, 6.07) is 57.7. The van der Waals surface area contributed by atoms with Gasteiger partial charge in [0.1, 0.15) is 0 Å². The van der Waals surface area contributed by atoms with Gasteiger partial charge in [0, 0.05) is 0 Å². The molecular formula is C45H36Zr. The predicted molar refractivity (Wildman–Crippen MR) is 195 cm³/mol. The Kier molecular flexibility index (Phi) is 10.3. The quantitative estimate of drug-likeness (QED) is 0.164. The molecule has 7 aromatic rings. The van der Waals surface area contributed by atoms with Gasteiger partial charge in [-0.1, -0.05) is 90.3 Å². The van der Waals surface area contributed by atoms with Gasteiger partial charge in [0.25, 0.3) is 0 Å². The van der Waals surface area contributed by atoms with E-state index in [4.69, 9.17) is 0 Å². The van der Waals surface area contributed by atoms with Crippen LogP contribution >= 0.6 is 0 Å². The van der Waals surface area contributed by atoms with Crippen molar-refractivity contribution in [2.45, 2.75) is 20.3 Å². The van der Waals surface area contributed by atoms with E-state index in [1.165, 1.54) is 93.5 Å². The summed E-state index contributed by atoms with van der Waals surface area (Å²) in [6.07, 6.45) is 6.60. The third kappa shape index (κ3) is 7.79. The fraction of sp³-hybridized carbons (Fsp3) is 0.0667. The van der Waals surface area contributed by atoms with Gasteiger partial charge in [-0.2, -0.15) is 17.7 Å². The summed E-state index contributed by atoms with van der Waals surface area (Å²) < 4.78 is 1.42. The van der Waals surface area contributed by atoms with Gasteiger partial charge >= 0.3 is 99.2 Å². The van der Waals surface area contributed by atoms with E-state index < -0.39 is 0 Å². The first kappa shape index (κ1) is 31.4. The van der Waals surface area contributed by atoms with Crippen LogP contribution in [0.25, 0.3) is 32.7 Å². The van der Waals surface area contributed by atoms with Crippen molar-refractivity contribution in [2.24, 2.45) is 0 Å². The van der Waals surface area contributed by atoms with Crippen molar-refractivity contribution < 1.29 is 24.2 Å². The monoisotopic (exact) mass is 666 g/mol. The summed E-state index contributed by atoms with van der Waals surface area (Å²) >= 11 is 1.46. The average Bonchev–Trinajstić information content (AvgIpc) is 3.75. The topological polar surface area (TPSA) is 0 Å². The molecule has 0 heterocycles. The first-order valence-corrected chi connectivity index (χ1v) is 17.0. The summed E-state index contributed by atoms with van der Waals surface area (Å²) in [6.45, 7) is 4.28. The Hall–Kier alpha value is -4.58. The number of aryl methyl sites for hydroxylation is 2. The standard InChI is InChI=1S/C17H13.C15H13.C13H10.Zr/c1-3-7-14(8-4-1)16-11-12-17(13-16)15-9-5-2-6-10-15;1-10-3-5-14-12(7-10)9-13-8-11(2)4-6-15(13)14;1-3-7-12(8-4-1)11-13-9-5-2-6-10-13;/h1-10,13H,11H2;3-9H,1-2H3;1-10H;/q2*-1;;+2. The molecule has 220 valence electrons. The van der Waals surface area contributed by atoms with Crippen LogP contribution in [0.2, 0.25) is 0 Å². The van der Waals surface area contributed by atoms with Gasteiger partial charge in [-0.3, -0.25) is 0 Å². The molecule has 46 heavy (non-hydrogen) atoms. The van der Waals surface area contributed by atoms with Gasteiger partial charge < -0.3 is 0 Å². The number of benzene rings is 6. The molecule has 0 aromatic heterocycles. The molecule has 1 heteroatoms. The van der Waals surface area contributed by atoms with E-state index in [1.807, 2.05) is 12.1 Å². The third-order valence-corrected chi connectivity index (χ3v) is 9.58. The minimum atomic E-state index is 0.911. The van der Waals surface area contributed by atoms with Crippen LogP contribution in [0.1, 0.15) is 39.8 Å². The molecule has 0 nitrogen and oxygen atoms in total. The van der Waals surface area contributed by atoms with Gasteiger partial charge in [-0.25, -0.2) is 0 Å². The number of fused-ring (bicyclic) bond motifs is 3. The number of rotatable bonds is 4. The Morgan fingerprint density at radius 1 is 0.543 bits per heavy atom. The zero-order chi connectivity index (χ0) is 31.7. The van der Waals surface area contributed by atoms with E-state index >= 15 is 0 Å². The molecule has 0 bridgehead atoms. The van der Waals surface area contributed by atoms with Crippen molar-refractivity contribution in [3.05, 3.63) is 209 Å². The van der Waals surface area contributed by atoms with Crippen molar-refractivity contribution in [3.63, 3.8) is 0 Å². The Bertz CT molecular complexity index is 2020. The molecule has 0 aliphatic heterocycles. The Balaban J connectivity index is 0.000000122. The van der Waals surface area contributed by atoms with Crippen LogP contribution in [0, 0.1) is 19.9 Å². The van der Waals surface area contributed by atoms with Crippen molar-refractivity contribution in [1.82, 2.24) is 0 Å². The summed E-state index contributed by atoms with van der Waals surface area (Å²) in [5.41, 5.74) is 10.4. The fourth-order valence-electron chi connectivity index (χ4n) is 5.75. The number of hydrogen-bond acceptors (Lipinski definition) is 0. The molecule has 0 radical (unpaired) electrons. The SMILES string of the molecule is Cc1ccc2c(c1)[cH-]c1cc(C)ccc12.[C-]1=C(c2ccccc2)C=C(c2ccccc2)C1.[Zr+2]=[C](c1ccccc1)c1ccccc1. The second kappa shape index (κ2) is 15.1. The maximum atomic E-state index is 3.45. The summed E-state index contributed by atoms with van der Waals surface area (Å²) in [4.78, 5) is 0. The molecule has 0 saturated carbocycles. The molecule has 0 fully saturated rings. The summed E-state index contributed by atoms with van der Waals surface area (Å²) in [7, 11) is 0. The molecule has 7 aromatic carbocycles. The normalized spacial score (nSPS) is 12.0. The zero-order valence-electron chi connectivity index (χ0n) is 26.4. The van der Waals surface area contributed by atoms with E-state index in [9.17, 15) is 0 Å². The molecule has 0 amide bonds. The van der Waals surface area contributed by atoms with Crippen molar-refractivity contribution in [3.8, 4) is 0 Å². The van der Waals surface area contributed by atoms with E-state index in [0.29, 0.717) is 0 Å². The van der Waals surface area contributed by atoms with Gasteiger partial charge in [-0.15, -0.1) is 63.0 Å². The average molecular weight is 668 g/mol. The van der Waals surface area contributed by atoms with Crippen LogP contribution in [0.4, 0.5) is 0 Å². The van der Waals surface area contributed by atoms with Crippen LogP contribution in [0.15, 0.2) is 170 Å². The van der Waals surface area contributed by atoms with Gasteiger partial charge in [0.2, 0.25) is 0 Å². The van der Waals surface area contributed by atoms with Crippen molar-refractivity contribution >= 4 is 35.9 Å². The number of hydrogen-bond donors (Lipinski definition) is 0. The Labute approximate surface area is 288 Å². The maximum absolute atomic E-state index is 3.45. The second-order valence-corrected chi connectivity index (χ2v) is 12.8. The molecule has 8 rings (SSSR count). The van der Waals surface area contributed by atoms with Gasteiger partial charge in [0.15, 0.2) is 0 Å². The second-order valence-electron chi connectivity index (χ2n) is 11.6. The molecular weight excluding hydrogens is 632 g/mol. The van der Waals surface area contributed by atoms with E-state index in [-0.39, 0.29) is 0 Å². The molecule has 1 aliphatic rings. The zero-order valence-corrected chi connectivity index (χ0v) is 28.8. The summed E-state index contributed by atoms with van der Waals surface area (Å²) in [5.74, 6) is 0. The van der Waals surface area contributed by atoms with Crippen LogP contribution in [-0.2, 0) is 24.2 Å². The van der Waals surface area contributed by atoms with E-state index in [0.717, 1.165) is 6.42 Å². The van der Waals surface area contributed by atoms with Crippen LogP contribution < -0.4 is 0 Å². The van der Waals surface area contributed by atoms with Crippen molar-refractivity contribution in [2.75, 3.05) is 0 Å². The first-order valence-electron chi connectivity index (χ1n) is 15.7. The summed E-state index contributed by atoms with van der Waals surface area (Å²) in [5, 5.41) is 5.46. The van der Waals surface area contributed by atoms with Crippen LogP contribution in [0.5, 0.6) is 0 Å². The molecule has 0 N–H and O–H groups in total. The Morgan fingerprint density at radius 2 is 0.978 bits per heavy atom. The van der Waals surface area contributed by atoms with Crippen LogP contribution in [0.3, 0.4) is 0 Å². The number of allylic oxidation sites excluding steroid dienone is 4. The first-order chi connectivity index (χ1) is 22.5. The van der Waals surface area contributed by atoms with Gasteiger partial charge in [-0.05, 0) is 19.4 Å². The van der Waals surface area contributed by atoms with Crippen molar-refractivity contribution in [1.29, 1.82) is 0 Å².